The summed E-state index contributed by atoms with van der Waals surface area (Å²) in [5.41, 5.74) is 1.24. The smallest absolute Gasteiger partial charge is 0.136 e. The summed E-state index contributed by atoms with van der Waals surface area (Å²) in [7, 11) is 0. The molecule has 0 aromatic heterocycles. The number of Topliss-reactive ketones (excluding diaryl/α,β-unsaturated/α-hetero) is 1. The topological polar surface area (TPSA) is 17.1 Å². The monoisotopic (exact) mass is 202 g/mol. The fourth-order valence-corrected chi connectivity index (χ4v) is 2.71. The van der Waals surface area contributed by atoms with Crippen LogP contribution < -0.4 is 0 Å². The highest BCUT2D eigenvalue weighted by molar-refractivity contribution is 5.84. The first-order valence-electron chi connectivity index (χ1n) is 5.73. The van der Waals surface area contributed by atoms with Crippen molar-refractivity contribution in [1.82, 2.24) is 0 Å². The molecule has 1 aliphatic carbocycles. The minimum absolute atomic E-state index is 0.0542. The summed E-state index contributed by atoms with van der Waals surface area (Å²) in [6.45, 7) is 3.94. The van der Waals surface area contributed by atoms with Crippen molar-refractivity contribution in [2.45, 2.75) is 39.0 Å². The van der Waals surface area contributed by atoms with Gasteiger partial charge in [-0.05, 0) is 31.2 Å². The van der Waals surface area contributed by atoms with E-state index in [0.717, 1.165) is 12.8 Å². The quantitative estimate of drug-likeness (QED) is 0.732. The van der Waals surface area contributed by atoms with Crippen molar-refractivity contribution in [3.05, 3.63) is 35.9 Å². The summed E-state index contributed by atoms with van der Waals surface area (Å²) < 4.78 is 0. The molecule has 0 N–H and O–H groups in total. The molecule has 0 heterocycles. The Morgan fingerprint density at radius 3 is 2.27 bits per heavy atom. The third-order valence-electron chi connectivity index (χ3n) is 4.08. The maximum Gasteiger partial charge on any atom is 0.136 e. The van der Waals surface area contributed by atoms with Gasteiger partial charge in [-0.1, -0.05) is 43.7 Å². The molecule has 15 heavy (non-hydrogen) atoms. The summed E-state index contributed by atoms with van der Waals surface area (Å²) in [6.07, 6.45) is 3.34. The standard InChI is InChI=1S/C14H18O/c1-11(13-7-4-3-5-8-13)14(12(2)15)9-6-10-14/h3-5,7-8,11H,6,9-10H2,1-2H3/t11-/m1/s1. The van der Waals surface area contributed by atoms with Crippen LogP contribution in [-0.2, 0) is 4.79 Å². The molecule has 1 fully saturated rings. The van der Waals surface area contributed by atoms with E-state index < -0.39 is 0 Å². The zero-order valence-electron chi connectivity index (χ0n) is 9.49. The molecule has 2 rings (SSSR count). The lowest BCUT2D eigenvalue weighted by Gasteiger charge is -2.44. The van der Waals surface area contributed by atoms with Crippen molar-refractivity contribution in [3.8, 4) is 0 Å². The molecule has 1 heteroatoms. The highest BCUT2D eigenvalue weighted by Gasteiger charge is 2.46. The Kier molecular flexibility index (Phi) is 2.64. The Labute approximate surface area is 91.5 Å². The predicted molar refractivity (Wildman–Crippen MR) is 61.8 cm³/mol. The van der Waals surface area contributed by atoms with E-state index in [4.69, 9.17) is 0 Å². The molecule has 0 bridgehead atoms. The van der Waals surface area contributed by atoms with Crippen LogP contribution in [0.1, 0.15) is 44.6 Å². The first kappa shape index (κ1) is 10.4. The van der Waals surface area contributed by atoms with Crippen LogP contribution in [0, 0.1) is 5.41 Å². The average molecular weight is 202 g/mol. The molecular weight excluding hydrogens is 184 g/mol. The molecule has 0 spiro atoms. The van der Waals surface area contributed by atoms with E-state index in [-0.39, 0.29) is 5.41 Å². The summed E-state index contributed by atoms with van der Waals surface area (Å²) in [6, 6.07) is 10.4. The van der Waals surface area contributed by atoms with Gasteiger partial charge in [-0.3, -0.25) is 4.79 Å². The maximum absolute atomic E-state index is 11.8. The predicted octanol–water partition coefficient (Wildman–Crippen LogP) is 3.55. The number of carbonyl (C=O) groups excluding carboxylic acids is 1. The Bertz CT molecular complexity index is 349. The number of carbonyl (C=O) groups is 1. The highest BCUT2D eigenvalue weighted by atomic mass is 16.1. The Hall–Kier alpha value is -1.11. The lowest BCUT2D eigenvalue weighted by molar-refractivity contribution is -0.132. The molecule has 1 aromatic carbocycles. The molecule has 1 saturated carbocycles. The second kappa shape index (κ2) is 3.80. The van der Waals surface area contributed by atoms with Crippen LogP contribution in [-0.4, -0.2) is 5.78 Å². The van der Waals surface area contributed by atoms with E-state index in [1.807, 2.05) is 6.07 Å². The minimum atomic E-state index is -0.0542. The van der Waals surface area contributed by atoms with Gasteiger partial charge in [0.25, 0.3) is 0 Å². The van der Waals surface area contributed by atoms with Crippen LogP contribution in [0.3, 0.4) is 0 Å². The fourth-order valence-electron chi connectivity index (χ4n) is 2.71. The van der Waals surface area contributed by atoms with Gasteiger partial charge in [0.05, 0.1) is 0 Å². The van der Waals surface area contributed by atoms with E-state index >= 15 is 0 Å². The van der Waals surface area contributed by atoms with Gasteiger partial charge in [0.15, 0.2) is 0 Å². The van der Waals surface area contributed by atoms with Crippen molar-refractivity contribution < 1.29 is 4.79 Å². The van der Waals surface area contributed by atoms with E-state index in [1.54, 1.807) is 6.92 Å². The lowest BCUT2D eigenvalue weighted by Crippen LogP contribution is -2.41. The highest BCUT2D eigenvalue weighted by Crippen LogP contribution is 2.51. The number of hydrogen-bond acceptors (Lipinski definition) is 1. The normalized spacial score (nSPS) is 20.4. The van der Waals surface area contributed by atoms with Crippen LogP contribution in [0.2, 0.25) is 0 Å². The van der Waals surface area contributed by atoms with Gasteiger partial charge in [-0.25, -0.2) is 0 Å². The number of benzene rings is 1. The molecule has 1 atom stereocenters. The van der Waals surface area contributed by atoms with Gasteiger partial charge in [0, 0.05) is 5.41 Å². The number of hydrogen-bond donors (Lipinski definition) is 0. The fraction of sp³-hybridized carbons (Fsp3) is 0.500. The molecule has 0 radical (unpaired) electrons. The molecule has 1 aliphatic rings. The molecule has 0 amide bonds. The summed E-state index contributed by atoms with van der Waals surface area (Å²) in [5, 5.41) is 0. The molecule has 1 nitrogen and oxygen atoms in total. The van der Waals surface area contributed by atoms with Crippen LogP contribution in [0.25, 0.3) is 0 Å². The second-order valence-corrected chi connectivity index (χ2v) is 4.70. The van der Waals surface area contributed by atoms with Crippen molar-refractivity contribution in [3.63, 3.8) is 0 Å². The van der Waals surface area contributed by atoms with E-state index in [0.29, 0.717) is 11.7 Å². The van der Waals surface area contributed by atoms with Gasteiger partial charge in [0.1, 0.15) is 5.78 Å². The first-order valence-corrected chi connectivity index (χ1v) is 5.73. The lowest BCUT2D eigenvalue weighted by atomic mass is 9.58. The van der Waals surface area contributed by atoms with Crippen LogP contribution in [0.5, 0.6) is 0 Å². The minimum Gasteiger partial charge on any atom is -0.299 e. The molecule has 0 unspecified atom stereocenters. The van der Waals surface area contributed by atoms with Crippen molar-refractivity contribution in [1.29, 1.82) is 0 Å². The van der Waals surface area contributed by atoms with Gasteiger partial charge >= 0.3 is 0 Å². The first-order chi connectivity index (χ1) is 7.17. The van der Waals surface area contributed by atoms with Gasteiger partial charge < -0.3 is 0 Å². The Morgan fingerprint density at radius 1 is 1.27 bits per heavy atom. The van der Waals surface area contributed by atoms with Crippen LogP contribution in [0.15, 0.2) is 30.3 Å². The largest absolute Gasteiger partial charge is 0.299 e. The van der Waals surface area contributed by atoms with Crippen LogP contribution in [0.4, 0.5) is 0 Å². The third kappa shape index (κ3) is 1.60. The third-order valence-corrected chi connectivity index (χ3v) is 4.08. The SMILES string of the molecule is CC(=O)C1([C@H](C)c2ccccc2)CCC1. The Morgan fingerprint density at radius 2 is 1.87 bits per heavy atom. The average Bonchev–Trinajstić information content (AvgIpc) is 2.16. The zero-order valence-corrected chi connectivity index (χ0v) is 9.49. The maximum atomic E-state index is 11.8. The number of ketones is 1. The molecule has 80 valence electrons. The molecule has 0 saturated heterocycles. The van der Waals surface area contributed by atoms with Crippen molar-refractivity contribution in [2.75, 3.05) is 0 Å². The number of rotatable bonds is 3. The second-order valence-electron chi connectivity index (χ2n) is 4.70. The summed E-state index contributed by atoms with van der Waals surface area (Å²) in [4.78, 5) is 11.8. The van der Waals surface area contributed by atoms with Gasteiger partial charge in [-0.2, -0.15) is 0 Å². The van der Waals surface area contributed by atoms with Crippen molar-refractivity contribution in [2.24, 2.45) is 5.41 Å². The Balaban J connectivity index is 2.27. The van der Waals surface area contributed by atoms with Gasteiger partial charge in [0.2, 0.25) is 0 Å². The van der Waals surface area contributed by atoms with E-state index in [9.17, 15) is 4.79 Å². The van der Waals surface area contributed by atoms with Crippen LogP contribution >= 0.6 is 0 Å². The molecule has 0 aliphatic heterocycles. The van der Waals surface area contributed by atoms with Gasteiger partial charge in [-0.15, -0.1) is 0 Å². The van der Waals surface area contributed by atoms with Crippen molar-refractivity contribution >= 4 is 5.78 Å². The van der Waals surface area contributed by atoms with E-state index in [2.05, 4.69) is 31.2 Å². The van der Waals surface area contributed by atoms with E-state index in [1.165, 1.54) is 12.0 Å². The molecular formula is C14H18O. The zero-order chi connectivity index (χ0) is 10.9. The summed E-state index contributed by atoms with van der Waals surface area (Å²) in [5.74, 6) is 0.732. The molecule has 1 aromatic rings. The summed E-state index contributed by atoms with van der Waals surface area (Å²) >= 11 is 0.